The van der Waals surface area contributed by atoms with E-state index in [0.717, 1.165) is 0 Å². The lowest BCUT2D eigenvalue weighted by Gasteiger charge is -2.10. The highest BCUT2D eigenvalue weighted by molar-refractivity contribution is 6.37. The Labute approximate surface area is 140 Å². The summed E-state index contributed by atoms with van der Waals surface area (Å²) in [5.41, 5.74) is 0.313. The average Bonchev–Trinajstić information content (AvgIpc) is 2.49. The molecular formula is C15H8Cl2F2N4. The summed E-state index contributed by atoms with van der Waals surface area (Å²) in [6.45, 7) is 1.58. The van der Waals surface area contributed by atoms with Crippen LogP contribution < -0.4 is 0 Å². The molecule has 2 heterocycles. The summed E-state index contributed by atoms with van der Waals surface area (Å²) < 4.78 is 28.3. The van der Waals surface area contributed by atoms with Crippen molar-refractivity contribution in [2.45, 2.75) is 6.92 Å². The van der Waals surface area contributed by atoms with Crippen LogP contribution in [0.25, 0.3) is 22.6 Å². The number of aromatic nitrogens is 4. The maximum Gasteiger partial charge on any atom is 0.182 e. The second-order valence-electron chi connectivity index (χ2n) is 4.70. The maximum absolute atomic E-state index is 14.1. The van der Waals surface area contributed by atoms with Crippen molar-refractivity contribution in [3.8, 4) is 22.6 Å². The fourth-order valence-electron chi connectivity index (χ4n) is 2.08. The van der Waals surface area contributed by atoms with E-state index in [2.05, 4.69) is 19.9 Å². The molecule has 23 heavy (non-hydrogen) atoms. The van der Waals surface area contributed by atoms with Crippen molar-refractivity contribution >= 4 is 23.2 Å². The zero-order valence-electron chi connectivity index (χ0n) is 11.7. The quantitative estimate of drug-likeness (QED) is 0.637. The molecule has 0 fully saturated rings. The molecule has 116 valence electrons. The summed E-state index contributed by atoms with van der Waals surface area (Å²) in [5, 5.41) is -0.348. The average molecular weight is 353 g/mol. The molecule has 4 nitrogen and oxygen atoms in total. The number of halogens is 4. The summed E-state index contributed by atoms with van der Waals surface area (Å²) in [5.74, 6) is -1.46. The van der Waals surface area contributed by atoms with Gasteiger partial charge in [-0.3, -0.25) is 4.98 Å². The normalized spacial score (nSPS) is 10.8. The molecule has 0 saturated carbocycles. The van der Waals surface area contributed by atoms with E-state index >= 15 is 0 Å². The molecule has 3 rings (SSSR count). The molecule has 1 aromatic carbocycles. The van der Waals surface area contributed by atoms with E-state index in [1.165, 1.54) is 30.7 Å². The highest BCUT2D eigenvalue weighted by Crippen LogP contribution is 2.37. The molecular weight excluding hydrogens is 345 g/mol. The third-order valence-electron chi connectivity index (χ3n) is 3.05. The molecule has 0 saturated heterocycles. The number of aryl methyl sites for hydroxylation is 1. The molecule has 3 aromatic rings. The molecule has 0 bridgehead atoms. The first-order valence-electron chi connectivity index (χ1n) is 6.43. The minimum absolute atomic E-state index is 0.101. The van der Waals surface area contributed by atoms with Gasteiger partial charge in [0, 0.05) is 12.4 Å². The number of nitrogens with zero attached hydrogens (tertiary/aromatic N) is 4. The number of hydrogen-bond acceptors (Lipinski definition) is 4. The molecule has 0 spiro atoms. The van der Waals surface area contributed by atoms with Gasteiger partial charge in [-0.25, -0.2) is 23.7 Å². The molecule has 0 radical (unpaired) electrons. The lowest BCUT2D eigenvalue weighted by Crippen LogP contribution is -2.00. The van der Waals surface area contributed by atoms with Crippen LogP contribution in [0.4, 0.5) is 8.78 Å². The van der Waals surface area contributed by atoms with E-state index in [1.807, 2.05) is 0 Å². The van der Waals surface area contributed by atoms with Crippen molar-refractivity contribution < 1.29 is 8.78 Å². The van der Waals surface area contributed by atoms with E-state index in [-0.39, 0.29) is 27.3 Å². The largest absolute Gasteiger partial charge is 0.261 e. The summed E-state index contributed by atoms with van der Waals surface area (Å²) >= 11 is 12.2. The Hall–Kier alpha value is -2.18. The van der Waals surface area contributed by atoms with E-state index in [0.29, 0.717) is 11.3 Å². The fourth-order valence-corrected chi connectivity index (χ4v) is 2.66. The molecule has 2 aromatic heterocycles. The smallest absolute Gasteiger partial charge is 0.182 e. The van der Waals surface area contributed by atoms with Crippen LogP contribution in [0.5, 0.6) is 0 Å². The van der Waals surface area contributed by atoms with Crippen molar-refractivity contribution in [1.82, 2.24) is 19.9 Å². The van der Waals surface area contributed by atoms with Crippen LogP contribution in [-0.4, -0.2) is 19.9 Å². The van der Waals surface area contributed by atoms with Crippen LogP contribution in [0.3, 0.4) is 0 Å². The monoisotopic (exact) mass is 352 g/mol. The van der Waals surface area contributed by atoms with Gasteiger partial charge in [0.05, 0.1) is 17.3 Å². The first kappa shape index (κ1) is 15.7. The Kier molecular flexibility index (Phi) is 4.19. The molecule has 8 heteroatoms. The molecule has 0 aliphatic carbocycles. The first-order valence-corrected chi connectivity index (χ1v) is 7.18. The topological polar surface area (TPSA) is 51.6 Å². The van der Waals surface area contributed by atoms with Crippen molar-refractivity contribution in [2.24, 2.45) is 0 Å². The number of benzene rings is 1. The van der Waals surface area contributed by atoms with E-state index in [1.54, 1.807) is 6.92 Å². The molecule has 0 aliphatic rings. The van der Waals surface area contributed by atoms with Gasteiger partial charge in [0.25, 0.3) is 0 Å². The second kappa shape index (κ2) is 6.14. The highest BCUT2D eigenvalue weighted by Gasteiger charge is 2.22. The predicted molar refractivity (Wildman–Crippen MR) is 83.2 cm³/mol. The van der Waals surface area contributed by atoms with Crippen molar-refractivity contribution in [3.05, 3.63) is 58.2 Å². The third kappa shape index (κ3) is 3.00. The maximum atomic E-state index is 14.1. The van der Waals surface area contributed by atoms with Crippen LogP contribution in [0, 0.1) is 18.6 Å². The molecule has 0 atom stereocenters. The molecule has 0 N–H and O–H groups in total. The predicted octanol–water partition coefficient (Wildman–Crippen LogP) is 4.49. The Bertz CT molecular complexity index is 842. The van der Waals surface area contributed by atoms with Gasteiger partial charge in [-0.2, -0.15) is 0 Å². The number of hydrogen-bond donors (Lipinski definition) is 0. The van der Waals surface area contributed by atoms with Gasteiger partial charge in [0.2, 0.25) is 0 Å². The number of rotatable bonds is 2. The summed E-state index contributed by atoms with van der Waals surface area (Å²) in [4.78, 5) is 16.0. The third-order valence-corrected chi connectivity index (χ3v) is 3.60. The first-order chi connectivity index (χ1) is 11.0. The Morgan fingerprint density at radius 2 is 1.52 bits per heavy atom. The Morgan fingerprint density at radius 1 is 0.913 bits per heavy atom. The van der Waals surface area contributed by atoms with Gasteiger partial charge in [-0.05, 0) is 24.6 Å². The molecule has 0 amide bonds. The second-order valence-corrected chi connectivity index (χ2v) is 5.41. The minimum atomic E-state index is -0.790. The zero-order valence-corrected chi connectivity index (χ0v) is 13.2. The van der Waals surface area contributed by atoms with Gasteiger partial charge in [-0.15, -0.1) is 0 Å². The van der Waals surface area contributed by atoms with Crippen LogP contribution in [0.15, 0.2) is 30.7 Å². The summed E-state index contributed by atoms with van der Waals surface area (Å²) in [7, 11) is 0. The van der Waals surface area contributed by atoms with Gasteiger partial charge < -0.3 is 0 Å². The van der Waals surface area contributed by atoms with Crippen molar-refractivity contribution in [2.75, 3.05) is 0 Å². The highest BCUT2D eigenvalue weighted by atomic mass is 35.5. The Morgan fingerprint density at radius 3 is 2.04 bits per heavy atom. The molecule has 0 unspecified atom stereocenters. The molecule has 0 aliphatic heterocycles. The zero-order chi connectivity index (χ0) is 16.6. The van der Waals surface area contributed by atoms with E-state index in [9.17, 15) is 8.78 Å². The lowest BCUT2D eigenvalue weighted by atomic mass is 10.1. The Balaban J connectivity index is 2.20. The van der Waals surface area contributed by atoms with Crippen LogP contribution >= 0.6 is 23.2 Å². The SMILES string of the molecule is Cc1cc(F)c(-c2c(Cl)nc(-c3cnccn3)nc2Cl)c(F)c1. The fraction of sp³-hybridized carbons (Fsp3) is 0.0667. The van der Waals surface area contributed by atoms with E-state index < -0.39 is 11.6 Å². The van der Waals surface area contributed by atoms with Gasteiger partial charge in [0.15, 0.2) is 5.82 Å². The van der Waals surface area contributed by atoms with Gasteiger partial charge in [0.1, 0.15) is 27.6 Å². The van der Waals surface area contributed by atoms with Crippen molar-refractivity contribution in [1.29, 1.82) is 0 Å². The summed E-state index contributed by atoms with van der Waals surface area (Å²) in [6, 6.07) is 2.36. The van der Waals surface area contributed by atoms with Crippen LogP contribution in [0.2, 0.25) is 10.3 Å². The van der Waals surface area contributed by atoms with E-state index in [4.69, 9.17) is 23.2 Å². The van der Waals surface area contributed by atoms with Crippen LogP contribution in [0.1, 0.15) is 5.56 Å². The van der Waals surface area contributed by atoms with Crippen molar-refractivity contribution in [3.63, 3.8) is 0 Å². The minimum Gasteiger partial charge on any atom is -0.261 e. The summed E-state index contributed by atoms with van der Waals surface area (Å²) in [6.07, 6.45) is 4.36. The standard InChI is InChI=1S/C15H8Cl2F2N4/c1-7-4-8(18)11(9(19)5-7)12-13(16)22-15(23-14(12)17)10-6-20-2-3-21-10/h2-6H,1H3. The lowest BCUT2D eigenvalue weighted by molar-refractivity contribution is 0.587. The van der Waals surface area contributed by atoms with Gasteiger partial charge in [-0.1, -0.05) is 23.2 Å². The van der Waals surface area contributed by atoms with Crippen LogP contribution in [-0.2, 0) is 0 Å². The van der Waals surface area contributed by atoms with Gasteiger partial charge >= 0.3 is 0 Å².